The van der Waals surface area contributed by atoms with Crippen LogP contribution in [0.5, 0.6) is 0 Å². The molecule has 0 saturated heterocycles. The maximum Gasteiger partial charge on any atom is 0.407 e. The van der Waals surface area contributed by atoms with Crippen LogP contribution in [0.4, 0.5) is 13.2 Å². The van der Waals surface area contributed by atoms with E-state index < -0.39 is 27.6 Å². The fourth-order valence-corrected chi connectivity index (χ4v) is 5.40. The number of aromatic nitrogens is 2. The first kappa shape index (κ1) is 25.0. The van der Waals surface area contributed by atoms with Gasteiger partial charge in [0.2, 0.25) is 10.0 Å². The predicted octanol–water partition coefficient (Wildman–Crippen LogP) is 4.55. The highest BCUT2D eigenvalue weighted by atomic mass is 32.2. The standard InChI is InChI=1S/C23H21F3N4O3S2/c1-22(2,23(24,25)26)29-35(32,33)16-9-7-13(8-10-16)19-18(20(27)31)17-11-15(34-3)12-28-21(17)30(19)14-5-4-6-14/h4-12,29H,1-3H3,(H2,27,31). The van der Waals surface area contributed by atoms with Gasteiger partial charge in [-0.25, -0.2) is 13.4 Å². The smallest absolute Gasteiger partial charge is 0.366 e. The maximum absolute atomic E-state index is 13.2. The third kappa shape index (κ3) is 4.37. The minimum absolute atomic E-state index is 0.205. The maximum atomic E-state index is 13.2. The monoisotopic (exact) mass is 522 g/mol. The number of nitrogens with one attached hydrogen (secondary N) is 1. The number of sulfonamides is 1. The molecule has 184 valence electrons. The lowest BCUT2D eigenvalue weighted by Crippen LogP contribution is -2.54. The van der Waals surface area contributed by atoms with Gasteiger partial charge >= 0.3 is 6.18 Å². The van der Waals surface area contributed by atoms with Crippen molar-refractivity contribution in [2.24, 2.45) is 5.73 Å². The van der Waals surface area contributed by atoms with Crippen LogP contribution in [0, 0.1) is 0 Å². The molecule has 1 aromatic carbocycles. The molecule has 2 heterocycles. The molecule has 1 aliphatic rings. The van der Waals surface area contributed by atoms with Crippen LogP contribution < -0.4 is 10.5 Å². The van der Waals surface area contributed by atoms with E-state index >= 15 is 0 Å². The Labute approximate surface area is 204 Å². The molecule has 35 heavy (non-hydrogen) atoms. The number of carbonyl (C=O) groups excluding carboxylic acids is 1. The Morgan fingerprint density at radius 1 is 1.17 bits per heavy atom. The minimum Gasteiger partial charge on any atom is -0.366 e. The van der Waals surface area contributed by atoms with E-state index in [1.165, 1.54) is 36.0 Å². The topological polar surface area (TPSA) is 107 Å². The molecule has 0 atom stereocenters. The number of fused-ring (bicyclic) bond motifs is 1. The molecule has 0 unspecified atom stereocenters. The molecule has 3 aromatic rings. The van der Waals surface area contributed by atoms with E-state index in [1.807, 2.05) is 24.5 Å². The van der Waals surface area contributed by atoms with Crippen molar-refractivity contribution in [3.63, 3.8) is 0 Å². The molecule has 0 saturated carbocycles. The zero-order valence-electron chi connectivity index (χ0n) is 18.8. The van der Waals surface area contributed by atoms with Crippen LogP contribution >= 0.6 is 11.8 Å². The number of thioether (sulfide) groups is 1. The fraction of sp³-hybridized carbons (Fsp3) is 0.217. The third-order valence-corrected chi connectivity index (χ3v) is 7.96. The Bertz CT molecular complexity index is 1500. The molecule has 0 bridgehead atoms. The lowest BCUT2D eigenvalue weighted by atomic mass is 10.0. The number of alkyl halides is 3. The molecule has 1 aliphatic carbocycles. The van der Waals surface area contributed by atoms with E-state index in [-0.39, 0.29) is 10.5 Å². The summed E-state index contributed by atoms with van der Waals surface area (Å²) in [5, 5.41) is 0.533. The number of hydrogen-bond acceptors (Lipinski definition) is 5. The zero-order chi connectivity index (χ0) is 25.8. The number of halogens is 3. The summed E-state index contributed by atoms with van der Waals surface area (Å²) >= 11 is 1.45. The minimum atomic E-state index is -4.79. The van der Waals surface area contributed by atoms with Gasteiger partial charge in [-0.2, -0.15) is 17.9 Å². The summed E-state index contributed by atoms with van der Waals surface area (Å²) in [6.07, 6.45) is 4.21. The first-order valence-corrected chi connectivity index (χ1v) is 13.0. The molecule has 0 fully saturated rings. The first-order valence-electron chi connectivity index (χ1n) is 10.2. The molecule has 12 heteroatoms. The Morgan fingerprint density at radius 2 is 1.80 bits per heavy atom. The largest absolute Gasteiger partial charge is 0.407 e. The van der Waals surface area contributed by atoms with Gasteiger partial charge in [-0.05, 0) is 56.0 Å². The van der Waals surface area contributed by atoms with Crippen LogP contribution in [-0.4, -0.2) is 41.8 Å². The van der Waals surface area contributed by atoms with Crippen molar-refractivity contribution >= 4 is 44.4 Å². The lowest BCUT2D eigenvalue weighted by Gasteiger charge is -2.28. The van der Waals surface area contributed by atoms with Crippen LogP contribution in [0.1, 0.15) is 24.2 Å². The Balaban J connectivity index is 1.86. The Kier molecular flexibility index (Phi) is 6.10. The van der Waals surface area contributed by atoms with Gasteiger partial charge in [0.1, 0.15) is 11.2 Å². The van der Waals surface area contributed by atoms with Gasteiger partial charge in [-0.1, -0.05) is 18.2 Å². The number of rotatable bonds is 7. The number of allylic oxidation sites excluding steroid dienone is 4. The number of nitrogens with zero attached hydrogens (tertiary/aromatic N) is 2. The summed E-state index contributed by atoms with van der Waals surface area (Å²) in [7, 11) is -4.49. The number of benzene rings is 1. The van der Waals surface area contributed by atoms with E-state index in [0.29, 0.717) is 22.3 Å². The summed E-state index contributed by atoms with van der Waals surface area (Å²) in [5.41, 5.74) is 5.38. The number of hydrogen-bond donors (Lipinski definition) is 2. The number of amides is 1. The third-order valence-electron chi connectivity index (χ3n) is 5.59. The van der Waals surface area contributed by atoms with Crippen molar-refractivity contribution in [2.45, 2.75) is 35.4 Å². The zero-order valence-corrected chi connectivity index (χ0v) is 20.5. The van der Waals surface area contributed by atoms with Gasteiger partial charge in [0, 0.05) is 22.2 Å². The molecule has 2 aromatic heterocycles. The summed E-state index contributed by atoms with van der Waals surface area (Å²) in [4.78, 5) is 17.5. The SMILES string of the molecule is CSc1cnc2c(c1)c(C(N)=O)c(-c1ccc(S(=O)(=O)NC(C)(C)C(F)(F)F)cc1)n2C1=CC=C1. The highest BCUT2D eigenvalue weighted by Gasteiger charge is 2.49. The molecule has 4 rings (SSSR count). The Hall–Kier alpha value is -3.09. The second-order valence-electron chi connectivity index (χ2n) is 8.37. The van der Waals surface area contributed by atoms with Crippen LogP contribution in [-0.2, 0) is 10.0 Å². The molecular weight excluding hydrogens is 501 g/mol. The van der Waals surface area contributed by atoms with Crippen molar-refractivity contribution in [3.8, 4) is 11.3 Å². The summed E-state index contributed by atoms with van der Waals surface area (Å²) < 4.78 is 68.3. The number of pyridine rings is 1. The van der Waals surface area contributed by atoms with Crippen LogP contribution in [0.2, 0.25) is 0 Å². The van der Waals surface area contributed by atoms with Gasteiger partial charge in [0.25, 0.3) is 5.91 Å². The molecule has 3 N–H and O–H groups in total. The van der Waals surface area contributed by atoms with Gasteiger partial charge in [0.05, 0.1) is 16.2 Å². The fourth-order valence-electron chi connectivity index (χ4n) is 3.61. The molecule has 0 aliphatic heterocycles. The average molecular weight is 523 g/mol. The van der Waals surface area contributed by atoms with Crippen LogP contribution in [0.15, 0.2) is 64.5 Å². The molecule has 7 nitrogen and oxygen atoms in total. The van der Waals surface area contributed by atoms with E-state index in [0.717, 1.165) is 24.4 Å². The van der Waals surface area contributed by atoms with Crippen molar-refractivity contribution in [1.82, 2.24) is 14.3 Å². The van der Waals surface area contributed by atoms with E-state index in [2.05, 4.69) is 4.98 Å². The van der Waals surface area contributed by atoms with Gasteiger partial charge in [-0.15, -0.1) is 11.8 Å². The summed E-state index contributed by atoms with van der Waals surface area (Å²) in [5.74, 6) is -0.696. The second-order valence-corrected chi connectivity index (χ2v) is 10.9. The quantitative estimate of drug-likeness (QED) is 0.443. The number of primary amides is 1. The molecule has 0 spiro atoms. The Morgan fingerprint density at radius 3 is 2.29 bits per heavy atom. The van der Waals surface area contributed by atoms with Crippen molar-refractivity contribution in [1.29, 1.82) is 0 Å². The molecular formula is C23H21F3N4O3S2. The molecule has 0 radical (unpaired) electrons. The second kappa shape index (κ2) is 8.54. The van der Waals surface area contributed by atoms with Crippen molar-refractivity contribution in [2.75, 3.05) is 6.26 Å². The molecule has 1 amide bonds. The van der Waals surface area contributed by atoms with Crippen LogP contribution in [0.25, 0.3) is 28.0 Å². The normalized spacial score (nSPS) is 14.2. The van der Waals surface area contributed by atoms with E-state index in [1.54, 1.807) is 21.6 Å². The number of carbonyl (C=O) groups is 1. The van der Waals surface area contributed by atoms with Crippen LogP contribution in [0.3, 0.4) is 0 Å². The van der Waals surface area contributed by atoms with Crippen molar-refractivity contribution in [3.05, 3.63) is 60.3 Å². The lowest BCUT2D eigenvalue weighted by molar-refractivity contribution is -0.180. The number of nitrogens with two attached hydrogens (primary N) is 1. The van der Waals surface area contributed by atoms with Gasteiger partial charge < -0.3 is 5.73 Å². The van der Waals surface area contributed by atoms with E-state index in [4.69, 9.17) is 5.73 Å². The van der Waals surface area contributed by atoms with E-state index in [9.17, 15) is 26.4 Å². The predicted molar refractivity (Wildman–Crippen MR) is 129 cm³/mol. The average Bonchev–Trinajstić information content (AvgIpc) is 3.05. The highest BCUT2D eigenvalue weighted by molar-refractivity contribution is 7.98. The van der Waals surface area contributed by atoms with Gasteiger partial charge in [-0.3, -0.25) is 9.36 Å². The highest BCUT2D eigenvalue weighted by Crippen LogP contribution is 2.38. The summed E-state index contributed by atoms with van der Waals surface area (Å²) in [6.45, 7) is 1.48. The summed E-state index contributed by atoms with van der Waals surface area (Å²) in [6, 6.07) is 7.01. The van der Waals surface area contributed by atoms with Gasteiger partial charge in [0.15, 0.2) is 0 Å². The van der Waals surface area contributed by atoms with Crippen molar-refractivity contribution < 1.29 is 26.4 Å². The first-order chi connectivity index (χ1) is 16.3.